The Bertz CT molecular complexity index is 639. The third kappa shape index (κ3) is 3.79. The fraction of sp³-hybridized carbons (Fsp3) is 0.389. The van der Waals surface area contributed by atoms with E-state index < -0.39 is 0 Å². The van der Waals surface area contributed by atoms with Crippen molar-refractivity contribution >= 4 is 29.1 Å². The summed E-state index contributed by atoms with van der Waals surface area (Å²) in [6.07, 6.45) is 1.57. The van der Waals surface area contributed by atoms with E-state index >= 15 is 0 Å². The van der Waals surface area contributed by atoms with E-state index in [1.54, 1.807) is 0 Å². The number of fused-ring (bicyclic) bond motifs is 1. The molecule has 0 radical (unpaired) electrons. The van der Waals surface area contributed by atoms with Gasteiger partial charge in [0.2, 0.25) is 5.91 Å². The largest absolute Gasteiger partial charge is 0.352 e. The Morgan fingerprint density at radius 2 is 2.00 bits per heavy atom. The van der Waals surface area contributed by atoms with Gasteiger partial charge in [-0.2, -0.15) is 0 Å². The average Bonchev–Trinajstić information content (AvgIpc) is 2.50. The van der Waals surface area contributed by atoms with Crippen molar-refractivity contribution < 1.29 is 4.79 Å². The van der Waals surface area contributed by atoms with Gasteiger partial charge in [-0.05, 0) is 35.2 Å². The molecule has 3 nitrogen and oxygen atoms in total. The molecule has 0 bridgehead atoms. The van der Waals surface area contributed by atoms with Crippen LogP contribution in [0.2, 0.25) is 0 Å². The van der Waals surface area contributed by atoms with Crippen molar-refractivity contribution in [3.8, 4) is 0 Å². The number of hydrogen-bond donors (Lipinski definition) is 2. The number of halogens is 1. The lowest BCUT2D eigenvalue weighted by atomic mass is 9.94. The highest BCUT2D eigenvalue weighted by Crippen LogP contribution is 2.19. The number of benzene rings is 2. The maximum atomic E-state index is 12.3. The first-order valence-corrected chi connectivity index (χ1v) is 7.71. The van der Waals surface area contributed by atoms with Crippen LogP contribution in [0.1, 0.15) is 18.9 Å². The van der Waals surface area contributed by atoms with Crippen LogP contribution < -0.4 is 10.6 Å². The summed E-state index contributed by atoms with van der Waals surface area (Å²) in [5.41, 5.74) is 1.10. The molecule has 2 aromatic rings. The van der Waals surface area contributed by atoms with E-state index in [1.165, 1.54) is 10.8 Å². The van der Waals surface area contributed by atoms with E-state index in [2.05, 4.69) is 35.8 Å². The van der Waals surface area contributed by atoms with E-state index in [1.807, 2.05) is 24.3 Å². The Hall–Kier alpha value is -1.58. The van der Waals surface area contributed by atoms with Gasteiger partial charge in [-0.3, -0.25) is 4.79 Å². The molecule has 1 saturated heterocycles. The van der Waals surface area contributed by atoms with Crippen molar-refractivity contribution in [1.29, 1.82) is 0 Å². The number of hydrogen-bond acceptors (Lipinski definition) is 2. The van der Waals surface area contributed by atoms with Crippen LogP contribution in [0.4, 0.5) is 0 Å². The van der Waals surface area contributed by atoms with E-state index in [0.717, 1.165) is 25.1 Å². The zero-order valence-corrected chi connectivity index (χ0v) is 13.7. The van der Waals surface area contributed by atoms with Crippen LogP contribution in [-0.2, 0) is 11.2 Å². The van der Waals surface area contributed by atoms with Gasteiger partial charge in [-0.15, -0.1) is 12.4 Å². The minimum absolute atomic E-state index is 0. The molecule has 0 aromatic heterocycles. The monoisotopic (exact) mass is 318 g/mol. The summed E-state index contributed by atoms with van der Waals surface area (Å²) in [6, 6.07) is 14.6. The fourth-order valence-corrected chi connectivity index (χ4v) is 3.06. The molecule has 0 saturated carbocycles. The molecule has 3 rings (SSSR count). The highest BCUT2D eigenvalue weighted by Gasteiger charge is 2.22. The topological polar surface area (TPSA) is 41.1 Å². The van der Waals surface area contributed by atoms with Gasteiger partial charge in [-0.25, -0.2) is 0 Å². The first kappa shape index (κ1) is 16.8. The van der Waals surface area contributed by atoms with Gasteiger partial charge in [0.15, 0.2) is 0 Å². The molecule has 4 heteroatoms. The summed E-state index contributed by atoms with van der Waals surface area (Å²) in [6.45, 7) is 4.14. The van der Waals surface area contributed by atoms with Crippen LogP contribution in [-0.4, -0.2) is 25.0 Å². The van der Waals surface area contributed by atoms with Gasteiger partial charge in [0.1, 0.15) is 0 Å². The minimum Gasteiger partial charge on any atom is -0.352 e. The maximum absolute atomic E-state index is 12.3. The average molecular weight is 319 g/mol. The first-order valence-electron chi connectivity index (χ1n) is 7.71. The quantitative estimate of drug-likeness (QED) is 0.913. The highest BCUT2D eigenvalue weighted by molar-refractivity contribution is 5.90. The van der Waals surface area contributed by atoms with E-state index in [0.29, 0.717) is 12.3 Å². The van der Waals surface area contributed by atoms with E-state index in [9.17, 15) is 4.79 Å². The number of carbonyl (C=O) groups is 1. The Labute approximate surface area is 137 Å². The molecule has 2 N–H and O–H groups in total. The van der Waals surface area contributed by atoms with Crippen LogP contribution in [0.5, 0.6) is 0 Å². The first-order chi connectivity index (χ1) is 10.2. The molecule has 2 aromatic carbocycles. The lowest BCUT2D eigenvalue weighted by Crippen LogP contribution is -2.50. The third-order valence-electron chi connectivity index (χ3n) is 4.40. The molecule has 1 aliphatic rings. The summed E-state index contributed by atoms with van der Waals surface area (Å²) in [4.78, 5) is 12.3. The van der Waals surface area contributed by atoms with Crippen LogP contribution in [0.3, 0.4) is 0 Å². The fourth-order valence-electron chi connectivity index (χ4n) is 3.06. The molecular weight excluding hydrogens is 296 g/mol. The standard InChI is InChI=1S/C18H22N2O.ClH/c1-13-9-10-19-12-17(13)20-18(21)11-15-7-4-6-14-5-2-3-8-16(14)15;/h2-8,13,17,19H,9-12H2,1H3,(H,20,21);1H. The highest BCUT2D eigenvalue weighted by atomic mass is 35.5. The van der Waals surface area contributed by atoms with Gasteiger partial charge in [0, 0.05) is 12.6 Å². The molecule has 2 atom stereocenters. The third-order valence-corrected chi connectivity index (χ3v) is 4.40. The molecule has 0 spiro atoms. The van der Waals surface area contributed by atoms with Crippen molar-refractivity contribution in [3.63, 3.8) is 0 Å². The lowest BCUT2D eigenvalue weighted by molar-refractivity contribution is -0.121. The lowest BCUT2D eigenvalue weighted by Gasteiger charge is -2.30. The molecule has 0 aliphatic carbocycles. The SMILES string of the molecule is CC1CCNCC1NC(=O)Cc1cccc2ccccc12.Cl. The second-order valence-electron chi connectivity index (χ2n) is 5.96. The molecule has 1 heterocycles. The molecule has 118 valence electrons. The summed E-state index contributed by atoms with van der Waals surface area (Å²) < 4.78 is 0. The van der Waals surface area contributed by atoms with Gasteiger partial charge in [-0.1, -0.05) is 49.4 Å². The van der Waals surface area contributed by atoms with Gasteiger partial charge < -0.3 is 10.6 Å². The van der Waals surface area contributed by atoms with Gasteiger partial charge >= 0.3 is 0 Å². The number of rotatable bonds is 3. The second-order valence-corrected chi connectivity index (χ2v) is 5.96. The van der Waals surface area contributed by atoms with Gasteiger partial charge in [0.25, 0.3) is 0 Å². The molecule has 22 heavy (non-hydrogen) atoms. The van der Waals surface area contributed by atoms with Crippen molar-refractivity contribution in [2.45, 2.75) is 25.8 Å². The number of amides is 1. The minimum atomic E-state index is 0. The predicted octanol–water partition coefficient (Wildman–Crippen LogP) is 2.92. The molecular formula is C18H23ClN2O. The van der Waals surface area contributed by atoms with Crippen LogP contribution in [0, 0.1) is 5.92 Å². The smallest absolute Gasteiger partial charge is 0.224 e. The normalized spacial score (nSPS) is 21.1. The summed E-state index contributed by atoms with van der Waals surface area (Å²) in [5, 5.41) is 8.89. The molecule has 1 fully saturated rings. The van der Waals surface area contributed by atoms with E-state index in [-0.39, 0.29) is 24.4 Å². The summed E-state index contributed by atoms with van der Waals surface area (Å²) >= 11 is 0. The molecule has 1 aliphatic heterocycles. The number of nitrogens with one attached hydrogen (secondary N) is 2. The van der Waals surface area contributed by atoms with Crippen molar-refractivity contribution in [3.05, 3.63) is 48.0 Å². The Balaban J connectivity index is 0.00000176. The zero-order valence-electron chi connectivity index (χ0n) is 12.8. The number of carbonyl (C=O) groups excluding carboxylic acids is 1. The summed E-state index contributed by atoms with van der Waals surface area (Å²) in [7, 11) is 0. The predicted molar refractivity (Wildman–Crippen MR) is 93.5 cm³/mol. The van der Waals surface area contributed by atoms with Crippen molar-refractivity contribution in [2.75, 3.05) is 13.1 Å². The zero-order chi connectivity index (χ0) is 14.7. The second kappa shape index (κ2) is 7.61. The van der Waals surface area contributed by atoms with E-state index in [4.69, 9.17) is 0 Å². The summed E-state index contributed by atoms with van der Waals surface area (Å²) in [5.74, 6) is 0.662. The van der Waals surface area contributed by atoms with Gasteiger partial charge in [0.05, 0.1) is 6.42 Å². The molecule has 2 unspecified atom stereocenters. The van der Waals surface area contributed by atoms with Crippen molar-refractivity contribution in [1.82, 2.24) is 10.6 Å². The van der Waals surface area contributed by atoms with Crippen LogP contribution >= 0.6 is 12.4 Å². The number of piperidine rings is 1. The van der Waals surface area contributed by atoms with Crippen molar-refractivity contribution in [2.24, 2.45) is 5.92 Å². The van der Waals surface area contributed by atoms with Crippen LogP contribution in [0.25, 0.3) is 10.8 Å². The Kier molecular flexibility index (Phi) is 5.81. The van der Waals surface area contributed by atoms with Crippen LogP contribution in [0.15, 0.2) is 42.5 Å². The Morgan fingerprint density at radius 3 is 2.82 bits per heavy atom. The molecule has 1 amide bonds. The Morgan fingerprint density at radius 1 is 1.23 bits per heavy atom. The maximum Gasteiger partial charge on any atom is 0.224 e.